The highest BCUT2D eigenvalue weighted by Gasteiger charge is 2.66. The SMILES string of the molecule is COc1ccc(CNCCc2ccccc2)cc1-c1ccc(O)c2c1C[C@H]1C[C@H]3CC(=O)C(C(N)=O)C(=O)[C@@]3(O)C(=O)C1C2=O. The molecule has 3 aliphatic carbocycles. The number of nitrogens with one attached hydrogen (secondary N) is 1. The molecule has 3 aliphatic rings. The molecule has 0 saturated heterocycles. The third-order valence-electron chi connectivity index (χ3n) is 9.60. The highest BCUT2D eigenvalue weighted by atomic mass is 16.5. The van der Waals surface area contributed by atoms with Crippen LogP contribution in [0.2, 0.25) is 0 Å². The second-order valence-corrected chi connectivity index (χ2v) is 12.2. The third kappa shape index (κ3) is 5.04. The third-order valence-corrected chi connectivity index (χ3v) is 9.60. The fourth-order valence-corrected chi connectivity index (χ4v) is 7.41. The molecule has 0 aromatic heterocycles. The van der Waals surface area contributed by atoms with Crippen LogP contribution in [0, 0.1) is 23.7 Å². The van der Waals surface area contributed by atoms with Gasteiger partial charge in [0.05, 0.1) is 18.6 Å². The van der Waals surface area contributed by atoms with E-state index in [2.05, 4.69) is 17.4 Å². The van der Waals surface area contributed by atoms with Crippen LogP contribution in [0.5, 0.6) is 11.5 Å². The predicted molar refractivity (Wildman–Crippen MR) is 162 cm³/mol. The quantitative estimate of drug-likeness (QED) is 0.221. The molecule has 10 nitrogen and oxygen atoms in total. The van der Waals surface area contributed by atoms with Crippen molar-refractivity contribution in [1.29, 1.82) is 0 Å². The number of phenols is 1. The number of nitrogens with two attached hydrogens (primary N) is 1. The molecule has 5 atom stereocenters. The summed E-state index contributed by atoms with van der Waals surface area (Å²) < 4.78 is 5.68. The molecule has 2 fully saturated rings. The van der Waals surface area contributed by atoms with Crippen molar-refractivity contribution in [1.82, 2.24) is 5.32 Å². The number of ketones is 4. The molecule has 3 aromatic carbocycles. The minimum absolute atomic E-state index is 0.0264. The monoisotopic (exact) mass is 610 g/mol. The highest BCUT2D eigenvalue weighted by Crippen LogP contribution is 2.51. The van der Waals surface area contributed by atoms with Crippen LogP contribution < -0.4 is 15.8 Å². The summed E-state index contributed by atoms with van der Waals surface area (Å²) in [5.74, 6) is -9.86. The number of ether oxygens (including phenoxy) is 1. The van der Waals surface area contributed by atoms with Gasteiger partial charge in [0.2, 0.25) is 5.91 Å². The lowest BCUT2D eigenvalue weighted by molar-refractivity contribution is -0.175. The molecule has 0 aliphatic heterocycles. The first-order valence-electron chi connectivity index (χ1n) is 15.0. The predicted octanol–water partition coefficient (Wildman–Crippen LogP) is 2.33. The molecular weight excluding hydrogens is 576 g/mol. The van der Waals surface area contributed by atoms with Crippen LogP contribution in [-0.2, 0) is 38.6 Å². The number of Topliss-reactive ketones (excluding diaryl/α,β-unsaturated/α-hetero) is 4. The summed E-state index contributed by atoms with van der Waals surface area (Å²) >= 11 is 0. The fourth-order valence-electron chi connectivity index (χ4n) is 7.41. The molecule has 3 aromatic rings. The van der Waals surface area contributed by atoms with Gasteiger partial charge < -0.3 is 26.0 Å². The van der Waals surface area contributed by atoms with Crippen molar-refractivity contribution >= 4 is 29.0 Å². The number of carbonyl (C=O) groups is 5. The summed E-state index contributed by atoms with van der Waals surface area (Å²) in [6.07, 6.45) is 0.692. The number of methoxy groups -OCH3 is 1. The average molecular weight is 611 g/mol. The van der Waals surface area contributed by atoms with Gasteiger partial charge in [0.1, 0.15) is 11.5 Å². The number of benzene rings is 3. The largest absolute Gasteiger partial charge is 0.507 e. The zero-order valence-corrected chi connectivity index (χ0v) is 24.7. The lowest BCUT2D eigenvalue weighted by Crippen LogP contribution is -2.68. The molecule has 1 amide bonds. The Labute approximate surface area is 259 Å². The number of carbonyl (C=O) groups excluding carboxylic acids is 5. The summed E-state index contributed by atoms with van der Waals surface area (Å²) in [6.45, 7) is 1.35. The first-order chi connectivity index (χ1) is 21.6. The lowest BCUT2D eigenvalue weighted by Gasteiger charge is -2.48. The number of rotatable bonds is 8. The molecule has 5 N–H and O–H groups in total. The zero-order valence-electron chi connectivity index (χ0n) is 24.7. The molecule has 45 heavy (non-hydrogen) atoms. The number of aliphatic hydroxyl groups is 1. The molecule has 2 unspecified atom stereocenters. The van der Waals surface area contributed by atoms with Crippen LogP contribution in [0.4, 0.5) is 0 Å². The van der Waals surface area contributed by atoms with Crippen molar-refractivity contribution in [2.24, 2.45) is 29.4 Å². The number of hydrogen-bond acceptors (Lipinski definition) is 9. The molecule has 232 valence electrons. The van der Waals surface area contributed by atoms with E-state index in [0.717, 1.165) is 18.5 Å². The van der Waals surface area contributed by atoms with Crippen LogP contribution >= 0.6 is 0 Å². The Hall–Kier alpha value is -4.67. The van der Waals surface area contributed by atoms with Gasteiger partial charge in [-0.1, -0.05) is 42.5 Å². The van der Waals surface area contributed by atoms with Gasteiger partial charge in [-0.3, -0.25) is 24.0 Å². The Morgan fingerprint density at radius 3 is 2.44 bits per heavy atom. The number of fused-ring (bicyclic) bond motifs is 3. The minimum Gasteiger partial charge on any atom is -0.507 e. The maximum Gasteiger partial charge on any atom is 0.235 e. The standard InChI is InChI=1S/C35H34N2O8/c1-45-27-10-7-19(17-37-12-11-18-5-3-2-4-6-18)13-23(27)22-8-9-25(38)29-24(22)15-20-14-21-16-26(39)30(34(36)43)33(42)35(21,44)32(41)28(20)31(29)40/h2-10,13,20-21,28,30,37-38,44H,11-12,14-17H2,1H3,(H2,36,43)/t20-,21+,28?,30?,35+/m1/s1. The van der Waals surface area contributed by atoms with Gasteiger partial charge in [0, 0.05) is 24.4 Å². The van der Waals surface area contributed by atoms with Gasteiger partial charge in [0.15, 0.2) is 34.7 Å². The normalized spacial score (nSPS) is 25.7. The van der Waals surface area contributed by atoms with E-state index >= 15 is 0 Å². The smallest absolute Gasteiger partial charge is 0.235 e. The Bertz CT molecular complexity index is 1730. The molecule has 6 rings (SSSR count). The van der Waals surface area contributed by atoms with E-state index < -0.39 is 58.3 Å². The number of primary amides is 1. The van der Waals surface area contributed by atoms with E-state index in [-0.39, 0.29) is 30.6 Å². The van der Waals surface area contributed by atoms with Gasteiger partial charge in [-0.25, -0.2) is 0 Å². The van der Waals surface area contributed by atoms with Crippen LogP contribution in [0.3, 0.4) is 0 Å². The van der Waals surface area contributed by atoms with Crippen molar-refractivity contribution in [2.45, 2.75) is 37.8 Å². The number of hydrogen-bond donors (Lipinski definition) is 4. The van der Waals surface area contributed by atoms with Crippen LogP contribution in [0.1, 0.15) is 39.9 Å². The van der Waals surface area contributed by atoms with E-state index in [0.29, 0.717) is 29.0 Å². The summed E-state index contributed by atoms with van der Waals surface area (Å²) in [4.78, 5) is 65.5. The second-order valence-electron chi connectivity index (χ2n) is 12.2. The lowest BCUT2D eigenvalue weighted by atomic mass is 9.53. The summed E-state index contributed by atoms with van der Waals surface area (Å²) in [5, 5.41) is 25.8. The van der Waals surface area contributed by atoms with Crippen LogP contribution in [-0.4, -0.2) is 58.5 Å². The summed E-state index contributed by atoms with van der Waals surface area (Å²) in [7, 11) is 1.54. The molecular formula is C35H34N2O8. The van der Waals surface area contributed by atoms with Gasteiger partial charge in [-0.05, 0) is 72.2 Å². The molecule has 0 spiro atoms. The van der Waals surface area contributed by atoms with Crippen molar-refractivity contribution in [2.75, 3.05) is 13.7 Å². The first-order valence-corrected chi connectivity index (χ1v) is 15.0. The fraction of sp³-hybridized carbons (Fsp3) is 0.343. The molecule has 2 saturated carbocycles. The zero-order chi connectivity index (χ0) is 32.0. The van der Waals surface area contributed by atoms with Crippen molar-refractivity contribution in [3.63, 3.8) is 0 Å². The molecule has 10 heteroatoms. The first kappa shape index (κ1) is 30.4. The van der Waals surface area contributed by atoms with Crippen LogP contribution in [0.25, 0.3) is 11.1 Å². The van der Waals surface area contributed by atoms with Gasteiger partial charge in [-0.2, -0.15) is 0 Å². The number of amides is 1. The summed E-state index contributed by atoms with van der Waals surface area (Å²) in [6, 6.07) is 19.0. The maximum atomic E-state index is 14.0. The van der Waals surface area contributed by atoms with E-state index in [1.54, 1.807) is 13.2 Å². The minimum atomic E-state index is -2.68. The van der Waals surface area contributed by atoms with Crippen molar-refractivity contribution in [3.8, 4) is 22.6 Å². The Morgan fingerprint density at radius 2 is 1.73 bits per heavy atom. The van der Waals surface area contributed by atoms with Crippen LogP contribution in [0.15, 0.2) is 60.7 Å². The Kier molecular flexibility index (Phi) is 7.88. The van der Waals surface area contributed by atoms with Crippen molar-refractivity contribution < 1.29 is 38.9 Å². The number of aromatic hydroxyl groups is 1. The van der Waals surface area contributed by atoms with E-state index in [1.165, 1.54) is 11.6 Å². The molecule has 0 bridgehead atoms. The Morgan fingerprint density at radius 1 is 0.978 bits per heavy atom. The maximum absolute atomic E-state index is 14.0. The van der Waals surface area contributed by atoms with Gasteiger partial charge in [0.25, 0.3) is 0 Å². The average Bonchev–Trinajstić information content (AvgIpc) is 3.01. The second kappa shape index (κ2) is 11.7. The summed E-state index contributed by atoms with van der Waals surface area (Å²) in [5.41, 5.74) is 6.61. The molecule has 0 radical (unpaired) electrons. The topological polar surface area (TPSA) is 173 Å². The van der Waals surface area contributed by atoms with Crippen molar-refractivity contribution in [3.05, 3.63) is 82.9 Å². The highest BCUT2D eigenvalue weighted by molar-refractivity contribution is 6.31. The van der Waals surface area contributed by atoms with Gasteiger partial charge in [-0.15, -0.1) is 0 Å². The van der Waals surface area contributed by atoms with E-state index in [9.17, 15) is 34.2 Å². The van der Waals surface area contributed by atoms with E-state index in [4.69, 9.17) is 10.5 Å². The number of phenolic OH excluding ortho intramolecular Hbond substituents is 1. The Balaban J connectivity index is 1.32. The van der Waals surface area contributed by atoms with Gasteiger partial charge >= 0.3 is 0 Å². The molecule has 0 heterocycles. The van der Waals surface area contributed by atoms with E-state index in [1.807, 2.05) is 36.4 Å².